The molecule has 0 aromatic carbocycles. The monoisotopic (exact) mass is 336 g/mol. The number of amides is 2. The number of piperidine rings is 1. The summed E-state index contributed by atoms with van der Waals surface area (Å²) < 4.78 is 4.90. The molecule has 9 heteroatoms. The zero-order valence-corrected chi connectivity index (χ0v) is 13.4. The van der Waals surface area contributed by atoms with Crippen molar-refractivity contribution in [2.75, 3.05) is 26.8 Å². The van der Waals surface area contributed by atoms with Gasteiger partial charge in [0.2, 0.25) is 5.91 Å². The van der Waals surface area contributed by atoms with E-state index in [0.29, 0.717) is 39.0 Å². The van der Waals surface area contributed by atoms with Crippen LogP contribution >= 0.6 is 0 Å². The quantitative estimate of drug-likeness (QED) is 0.746. The summed E-state index contributed by atoms with van der Waals surface area (Å²) in [6, 6.07) is -0.0510. The van der Waals surface area contributed by atoms with E-state index in [2.05, 4.69) is 15.3 Å². The predicted molar refractivity (Wildman–Crippen MR) is 82.6 cm³/mol. The van der Waals surface area contributed by atoms with Gasteiger partial charge in [0.1, 0.15) is 5.69 Å². The summed E-state index contributed by atoms with van der Waals surface area (Å²) in [4.78, 5) is 43.9. The first-order chi connectivity index (χ1) is 11.5. The van der Waals surface area contributed by atoms with E-state index < -0.39 is 11.9 Å². The third kappa shape index (κ3) is 4.72. The van der Waals surface area contributed by atoms with Crippen molar-refractivity contribution in [2.45, 2.75) is 25.3 Å². The maximum absolute atomic E-state index is 12.1. The van der Waals surface area contributed by atoms with Crippen LogP contribution in [0.4, 0.5) is 0 Å². The molecule has 2 rings (SSSR count). The fraction of sp³-hybridized carbons (Fsp3) is 0.533. The van der Waals surface area contributed by atoms with Crippen LogP contribution in [0.3, 0.4) is 0 Å². The van der Waals surface area contributed by atoms with Crippen molar-refractivity contribution in [3.63, 3.8) is 0 Å². The lowest BCUT2D eigenvalue weighted by Crippen LogP contribution is -2.46. The van der Waals surface area contributed by atoms with Crippen LogP contribution in [0.2, 0.25) is 0 Å². The number of carbonyl (C=O) groups excluding carboxylic acids is 2. The molecule has 9 nitrogen and oxygen atoms in total. The minimum Gasteiger partial charge on any atom is -0.476 e. The first-order valence-corrected chi connectivity index (χ1v) is 7.64. The summed E-state index contributed by atoms with van der Waals surface area (Å²) in [5, 5.41) is 11.6. The molecule has 1 aliphatic rings. The molecule has 1 aromatic rings. The van der Waals surface area contributed by atoms with Crippen LogP contribution in [0, 0.1) is 0 Å². The SMILES string of the molecule is COCCC(=O)N1CCC(NC(=O)c2cnc(C(=O)O)cn2)CC1. The number of carbonyl (C=O) groups is 3. The molecule has 2 N–H and O–H groups in total. The highest BCUT2D eigenvalue weighted by Gasteiger charge is 2.24. The second-order valence-corrected chi connectivity index (χ2v) is 5.46. The van der Waals surface area contributed by atoms with Crippen LogP contribution in [0.1, 0.15) is 40.2 Å². The third-order valence-electron chi connectivity index (χ3n) is 3.81. The summed E-state index contributed by atoms with van der Waals surface area (Å²) in [5.41, 5.74) is -0.145. The van der Waals surface area contributed by atoms with E-state index in [1.54, 1.807) is 12.0 Å². The van der Waals surface area contributed by atoms with Crippen LogP contribution in [-0.4, -0.2) is 70.6 Å². The lowest BCUT2D eigenvalue weighted by molar-refractivity contribution is -0.133. The number of methoxy groups -OCH3 is 1. The van der Waals surface area contributed by atoms with E-state index >= 15 is 0 Å². The fourth-order valence-electron chi connectivity index (χ4n) is 2.44. The number of nitrogens with one attached hydrogen (secondary N) is 1. The zero-order valence-electron chi connectivity index (χ0n) is 13.4. The first-order valence-electron chi connectivity index (χ1n) is 7.64. The molecular weight excluding hydrogens is 316 g/mol. The number of aromatic nitrogens is 2. The van der Waals surface area contributed by atoms with Gasteiger partial charge in [-0.15, -0.1) is 0 Å². The largest absolute Gasteiger partial charge is 0.476 e. The van der Waals surface area contributed by atoms with Crippen molar-refractivity contribution in [1.29, 1.82) is 0 Å². The predicted octanol–water partition coefficient (Wildman–Crippen LogP) is -0.0679. The zero-order chi connectivity index (χ0) is 17.5. The average Bonchev–Trinajstić information content (AvgIpc) is 2.60. The molecule has 1 saturated heterocycles. The van der Waals surface area contributed by atoms with E-state index in [0.717, 1.165) is 12.4 Å². The molecule has 2 amide bonds. The highest BCUT2D eigenvalue weighted by molar-refractivity contribution is 5.93. The van der Waals surface area contributed by atoms with Crippen LogP contribution in [0.5, 0.6) is 0 Å². The van der Waals surface area contributed by atoms with Crippen molar-refractivity contribution in [1.82, 2.24) is 20.2 Å². The van der Waals surface area contributed by atoms with Gasteiger partial charge in [-0.2, -0.15) is 0 Å². The number of likely N-dealkylation sites (tertiary alicyclic amines) is 1. The highest BCUT2D eigenvalue weighted by atomic mass is 16.5. The Morgan fingerprint density at radius 3 is 2.42 bits per heavy atom. The molecule has 0 radical (unpaired) electrons. The van der Waals surface area contributed by atoms with Crippen LogP contribution < -0.4 is 5.32 Å². The van der Waals surface area contributed by atoms with Gasteiger partial charge in [-0.05, 0) is 12.8 Å². The molecule has 1 aliphatic heterocycles. The lowest BCUT2D eigenvalue weighted by atomic mass is 10.0. The Bertz CT molecular complexity index is 596. The van der Waals surface area contributed by atoms with Gasteiger partial charge in [0.25, 0.3) is 5.91 Å². The third-order valence-corrected chi connectivity index (χ3v) is 3.81. The van der Waals surface area contributed by atoms with Gasteiger partial charge < -0.3 is 20.1 Å². The molecule has 0 bridgehead atoms. The average molecular weight is 336 g/mol. The molecule has 24 heavy (non-hydrogen) atoms. The minimum absolute atomic E-state index is 0.0510. The highest BCUT2D eigenvalue weighted by Crippen LogP contribution is 2.12. The second-order valence-electron chi connectivity index (χ2n) is 5.46. The molecule has 0 saturated carbocycles. The minimum atomic E-state index is -1.19. The van der Waals surface area contributed by atoms with Gasteiger partial charge in [-0.3, -0.25) is 9.59 Å². The van der Waals surface area contributed by atoms with E-state index in [4.69, 9.17) is 9.84 Å². The Morgan fingerprint density at radius 1 is 1.25 bits per heavy atom. The number of carboxylic acids is 1. The van der Waals surface area contributed by atoms with Gasteiger partial charge in [0.15, 0.2) is 5.69 Å². The lowest BCUT2D eigenvalue weighted by Gasteiger charge is -2.32. The Balaban J connectivity index is 1.81. The molecule has 2 heterocycles. The smallest absolute Gasteiger partial charge is 0.356 e. The topological polar surface area (TPSA) is 122 Å². The number of ether oxygens (including phenoxy) is 1. The van der Waals surface area contributed by atoms with Crippen molar-refractivity contribution >= 4 is 17.8 Å². The van der Waals surface area contributed by atoms with Crippen LogP contribution in [0.15, 0.2) is 12.4 Å². The number of carboxylic acid groups (broad SMARTS) is 1. The molecule has 130 valence electrons. The fourth-order valence-corrected chi connectivity index (χ4v) is 2.44. The van der Waals surface area contributed by atoms with Crippen LogP contribution in [-0.2, 0) is 9.53 Å². The number of aromatic carboxylic acids is 1. The Labute approximate surface area is 139 Å². The van der Waals surface area contributed by atoms with E-state index in [1.165, 1.54) is 0 Å². The molecule has 0 aliphatic carbocycles. The molecule has 1 aromatic heterocycles. The van der Waals surface area contributed by atoms with Crippen molar-refractivity contribution < 1.29 is 24.2 Å². The van der Waals surface area contributed by atoms with Crippen molar-refractivity contribution in [3.05, 3.63) is 23.8 Å². The van der Waals surface area contributed by atoms with Crippen LogP contribution in [0.25, 0.3) is 0 Å². The molecule has 1 fully saturated rings. The van der Waals surface area contributed by atoms with Gasteiger partial charge in [-0.1, -0.05) is 0 Å². The van der Waals surface area contributed by atoms with Gasteiger partial charge in [0.05, 0.1) is 25.4 Å². The number of hydrogen-bond donors (Lipinski definition) is 2. The number of hydrogen-bond acceptors (Lipinski definition) is 6. The Hall–Kier alpha value is -2.55. The molecule has 0 atom stereocenters. The number of rotatable bonds is 6. The molecular formula is C15H20N4O5. The van der Waals surface area contributed by atoms with E-state index in [-0.39, 0.29) is 23.3 Å². The summed E-state index contributed by atoms with van der Waals surface area (Å²) in [5.74, 6) is -1.54. The van der Waals surface area contributed by atoms with Gasteiger partial charge >= 0.3 is 5.97 Å². The maximum atomic E-state index is 12.1. The number of nitrogens with zero attached hydrogens (tertiary/aromatic N) is 3. The first kappa shape index (κ1) is 17.8. The van der Waals surface area contributed by atoms with Crippen molar-refractivity contribution in [2.24, 2.45) is 0 Å². The summed E-state index contributed by atoms with van der Waals surface area (Å²) in [6.07, 6.45) is 3.87. The summed E-state index contributed by atoms with van der Waals surface area (Å²) >= 11 is 0. The normalized spacial score (nSPS) is 15.1. The summed E-state index contributed by atoms with van der Waals surface area (Å²) in [7, 11) is 1.56. The molecule has 0 spiro atoms. The summed E-state index contributed by atoms with van der Waals surface area (Å²) in [6.45, 7) is 1.56. The second kappa shape index (κ2) is 8.34. The van der Waals surface area contributed by atoms with E-state index in [9.17, 15) is 14.4 Å². The Kier molecular flexibility index (Phi) is 6.19. The van der Waals surface area contributed by atoms with Crippen molar-refractivity contribution in [3.8, 4) is 0 Å². The van der Waals surface area contributed by atoms with Gasteiger partial charge in [-0.25, -0.2) is 14.8 Å². The molecule has 0 unspecified atom stereocenters. The Morgan fingerprint density at radius 2 is 1.88 bits per heavy atom. The van der Waals surface area contributed by atoms with E-state index in [1.807, 2.05) is 0 Å². The maximum Gasteiger partial charge on any atom is 0.356 e. The van der Waals surface area contributed by atoms with Gasteiger partial charge in [0, 0.05) is 26.2 Å². The standard InChI is InChI=1S/C15H20N4O5/c1-24-7-4-13(20)19-5-2-10(3-6-19)18-14(21)11-8-17-12(9-16-11)15(22)23/h8-10H,2-7H2,1H3,(H,18,21)(H,22,23).